The van der Waals surface area contributed by atoms with Gasteiger partial charge in [0.05, 0.1) is 0 Å². The number of rotatable bonds is 7. The molecule has 5 nitrogen and oxygen atoms in total. The highest BCUT2D eigenvalue weighted by molar-refractivity contribution is 5.87. The molecular weight excluding hydrogens is 333 g/mol. The number of carbonyl (C=O) groups excluding carboxylic acids is 2. The van der Waals surface area contributed by atoms with Crippen LogP contribution in [0.2, 0.25) is 0 Å². The van der Waals surface area contributed by atoms with E-state index in [0.717, 1.165) is 5.56 Å². The quantitative estimate of drug-likeness (QED) is 0.713. The van der Waals surface area contributed by atoms with E-state index in [1.807, 2.05) is 44.2 Å². The van der Waals surface area contributed by atoms with Gasteiger partial charge in [-0.05, 0) is 17.5 Å². The van der Waals surface area contributed by atoms with Crippen LogP contribution in [0.1, 0.15) is 25.0 Å². The van der Waals surface area contributed by atoms with Crippen molar-refractivity contribution in [2.45, 2.75) is 33.0 Å². The molecule has 0 aliphatic heterocycles. The maximum Gasteiger partial charge on any atom is 0.315 e. The molecule has 6 heteroatoms. The molecule has 2 rings (SSSR count). The zero-order valence-electron chi connectivity index (χ0n) is 15.0. The van der Waals surface area contributed by atoms with Gasteiger partial charge in [-0.1, -0.05) is 62.4 Å². The molecule has 0 saturated heterocycles. The van der Waals surface area contributed by atoms with Crippen molar-refractivity contribution in [3.05, 3.63) is 71.5 Å². The van der Waals surface area contributed by atoms with E-state index in [2.05, 4.69) is 16.0 Å². The maximum absolute atomic E-state index is 13.6. The highest BCUT2D eigenvalue weighted by Crippen LogP contribution is 2.07. The van der Waals surface area contributed by atoms with Gasteiger partial charge in [-0.25, -0.2) is 9.18 Å². The minimum atomic E-state index is -0.711. The molecule has 0 aliphatic carbocycles. The van der Waals surface area contributed by atoms with Crippen LogP contribution in [0.5, 0.6) is 0 Å². The summed E-state index contributed by atoms with van der Waals surface area (Å²) in [5.41, 5.74) is 1.37. The number of nitrogens with one attached hydrogen (secondary N) is 3. The van der Waals surface area contributed by atoms with Gasteiger partial charge in [-0.15, -0.1) is 0 Å². The fourth-order valence-corrected chi connectivity index (χ4v) is 2.44. The topological polar surface area (TPSA) is 70.2 Å². The van der Waals surface area contributed by atoms with E-state index in [1.54, 1.807) is 18.2 Å². The molecular formula is C20H24FN3O2. The van der Waals surface area contributed by atoms with Crippen molar-refractivity contribution in [3.8, 4) is 0 Å². The van der Waals surface area contributed by atoms with Crippen LogP contribution in [0.4, 0.5) is 9.18 Å². The number of carbonyl (C=O) groups is 2. The molecule has 0 spiro atoms. The SMILES string of the molecule is CC(C)[C@H](NC(=O)NCc1ccccc1)C(=O)NCc1ccccc1F. The van der Waals surface area contributed by atoms with Crippen LogP contribution in [0, 0.1) is 11.7 Å². The normalized spacial score (nSPS) is 11.7. The molecule has 0 unspecified atom stereocenters. The number of benzene rings is 2. The maximum atomic E-state index is 13.6. The number of amides is 3. The first-order chi connectivity index (χ1) is 12.5. The molecule has 0 heterocycles. The third-order valence-corrected chi connectivity index (χ3v) is 3.94. The summed E-state index contributed by atoms with van der Waals surface area (Å²) in [4.78, 5) is 24.5. The summed E-state index contributed by atoms with van der Waals surface area (Å²) >= 11 is 0. The lowest BCUT2D eigenvalue weighted by Gasteiger charge is -2.22. The van der Waals surface area contributed by atoms with Crippen LogP contribution < -0.4 is 16.0 Å². The van der Waals surface area contributed by atoms with Crippen LogP contribution in [-0.2, 0) is 17.9 Å². The average molecular weight is 357 g/mol. The van der Waals surface area contributed by atoms with E-state index >= 15 is 0 Å². The monoisotopic (exact) mass is 357 g/mol. The number of urea groups is 1. The standard InChI is InChI=1S/C20H24FN3O2/c1-14(2)18(19(25)22-13-16-10-6-7-11-17(16)21)24-20(26)23-12-15-8-4-3-5-9-15/h3-11,14,18H,12-13H2,1-2H3,(H,22,25)(H2,23,24,26)/t18-/m0/s1. The Morgan fingerprint density at radius 2 is 1.58 bits per heavy atom. The fraction of sp³-hybridized carbons (Fsp3) is 0.300. The molecule has 26 heavy (non-hydrogen) atoms. The molecule has 138 valence electrons. The van der Waals surface area contributed by atoms with Crippen LogP contribution in [-0.4, -0.2) is 18.0 Å². The second-order valence-electron chi connectivity index (χ2n) is 6.34. The fourth-order valence-electron chi connectivity index (χ4n) is 2.44. The highest BCUT2D eigenvalue weighted by atomic mass is 19.1. The first-order valence-corrected chi connectivity index (χ1v) is 8.56. The zero-order valence-corrected chi connectivity index (χ0v) is 15.0. The van der Waals surface area contributed by atoms with E-state index in [-0.39, 0.29) is 24.2 Å². The van der Waals surface area contributed by atoms with Crippen LogP contribution in [0.3, 0.4) is 0 Å². The summed E-state index contributed by atoms with van der Waals surface area (Å²) in [5, 5.41) is 8.09. The Hall–Kier alpha value is -2.89. The third kappa shape index (κ3) is 5.88. The molecule has 0 fully saturated rings. The highest BCUT2D eigenvalue weighted by Gasteiger charge is 2.24. The predicted octanol–water partition coefficient (Wildman–Crippen LogP) is 2.97. The summed E-state index contributed by atoms with van der Waals surface area (Å²) < 4.78 is 13.6. The first kappa shape index (κ1) is 19.4. The van der Waals surface area contributed by atoms with Gasteiger partial charge in [0.2, 0.25) is 5.91 Å². The number of hydrogen-bond acceptors (Lipinski definition) is 2. The summed E-state index contributed by atoms with van der Waals surface area (Å²) in [6.07, 6.45) is 0. The Kier molecular flexibility index (Phi) is 7.14. The molecule has 0 saturated carbocycles. The van der Waals surface area contributed by atoms with Crippen molar-refractivity contribution >= 4 is 11.9 Å². The Morgan fingerprint density at radius 3 is 2.23 bits per heavy atom. The lowest BCUT2D eigenvalue weighted by Crippen LogP contribution is -2.52. The zero-order chi connectivity index (χ0) is 18.9. The molecule has 1 atom stereocenters. The Labute approximate surface area is 153 Å². The van der Waals surface area contributed by atoms with Gasteiger partial charge in [0.15, 0.2) is 0 Å². The van der Waals surface area contributed by atoms with Crippen molar-refractivity contribution in [2.75, 3.05) is 0 Å². The first-order valence-electron chi connectivity index (χ1n) is 8.56. The molecule has 2 aromatic rings. The summed E-state index contributed by atoms with van der Waals surface area (Å²) in [6.45, 7) is 4.12. The molecule has 3 amide bonds. The van der Waals surface area contributed by atoms with E-state index in [1.165, 1.54) is 6.07 Å². The van der Waals surface area contributed by atoms with E-state index in [4.69, 9.17) is 0 Å². The molecule has 0 radical (unpaired) electrons. The van der Waals surface area contributed by atoms with Crippen molar-refractivity contribution in [1.82, 2.24) is 16.0 Å². The minimum absolute atomic E-state index is 0.0715. The second-order valence-corrected chi connectivity index (χ2v) is 6.34. The third-order valence-electron chi connectivity index (χ3n) is 3.94. The van der Waals surface area contributed by atoms with Gasteiger partial charge < -0.3 is 16.0 Å². The number of hydrogen-bond donors (Lipinski definition) is 3. The van der Waals surface area contributed by atoms with Gasteiger partial charge in [0.25, 0.3) is 0 Å². The minimum Gasteiger partial charge on any atom is -0.350 e. The summed E-state index contributed by atoms with van der Waals surface area (Å²) in [6, 6.07) is 14.6. The van der Waals surface area contributed by atoms with Gasteiger partial charge in [0, 0.05) is 18.7 Å². The molecule has 3 N–H and O–H groups in total. The Balaban J connectivity index is 1.87. The predicted molar refractivity (Wildman–Crippen MR) is 98.7 cm³/mol. The van der Waals surface area contributed by atoms with Crippen molar-refractivity contribution in [2.24, 2.45) is 5.92 Å². The van der Waals surface area contributed by atoms with E-state index in [0.29, 0.717) is 12.1 Å². The summed E-state index contributed by atoms with van der Waals surface area (Å²) in [5.74, 6) is -0.835. The van der Waals surface area contributed by atoms with E-state index in [9.17, 15) is 14.0 Å². The lowest BCUT2D eigenvalue weighted by atomic mass is 10.0. The van der Waals surface area contributed by atoms with Gasteiger partial charge in [0.1, 0.15) is 11.9 Å². The largest absolute Gasteiger partial charge is 0.350 e. The Morgan fingerprint density at radius 1 is 0.923 bits per heavy atom. The average Bonchev–Trinajstić information content (AvgIpc) is 2.64. The molecule has 2 aromatic carbocycles. The number of halogens is 1. The van der Waals surface area contributed by atoms with Gasteiger partial charge >= 0.3 is 6.03 Å². The van der Waals surface area contributed by atoms with E-state index < -0.39 is 12.1 Å². The molecule has 0 aliphatic rings. The summed E-state index contributed by atoms with van der Waals surface area (Å²) in [7, 11) is 0. The Bertz CT molecular complexity index is 735. The van der Waals surface area contributed by atoms with Crippen molar-refractivity contribution < 1.29 is 14.0 Å². The van der Waals surface area contributed by atoms with Gasteiger partial charge in [-0.2, -0.15) is 0 Å². The lowest BCUT2D eigenvalue weighted by molar-refractivity contribution is -0.124. The second kappa shape index (κ2) is 9.56. The molecule has 0 bridgehead atoms. The molecule has 0 aromatic heterocycles. The van der Waals surface area contributed by atoms with Crippen LogP contribution >= 0.6 is 0 Å². The smallest absolute Gasteiger partial charge is 0.315 e. The van der Waals surface area contributed by atoms with Crippen molar-refractivity contribution in [1.29, 1.82) is 0 Å². The van der Waals surface area contributed by atoms with Gasteiger partial charge in [-0.3, -0.25) is 4.79 Å². The van der Waals surface area contributed by atoms with Crippen LogP contribution in [0.25, 0.3) is 0 Å². The van der Waals surface area contributed by atoms with Crippen LogP contribution in [0.15, 0.2) is 54.6 Å². The van der Waals surface area contributed by atoms with Crippen molar-refractivity contribution in [3.63, 3.8) is 0 Å².